The minimum atomic E-state index is -0.830. The summed E-state index contributed by atoms with van der Waals surface area (Å²) >= 11 is 0. The highest BCUT2D eigenvalue weighted by Crippen LogP contribution is 2.19. The first kappa shape index (κ1) is 12.6. The normalized spacial score (nSPS) is 9.65. The second-order valence-corrected chi connectivity index (χ2v) is 3.26. The van der Waals surface area contributed by atoms with Gasteiger partial charge in [-0.1, -0.05) is 0 Å². The van der Waals surface area contributed by atoms with E-state index >= 15 is 0 Å². The van der Waals surface area contributed by atoms with Crippen LogP contribution in [-0.4, -0.2) is 25.2 Å². The molecule has 0 heterocycles. The number of amides is 2. The van der Waals surface area contributed by atoms with Crippen molar-refractivity contribution in [3.8, 4) is 0 Å². The maximum Gasteiger partial charge on any atom is 0.404 e. The SMILES string of the molecule is NC(=O)OCCNc1ccc(C(N)=O)cc1N. The zero-order chi connectivity index (χ0) is 12.8. The van der Waals surface area contributed by atoms with Gasteiger partial charge >= 0.3 is 6.09 Å². The Morgan fingerprint density at radius 1 is 1.29 bits per heavy atom. The molecule has 0 aliphatic carbocycles. The van der Waals surface area contributed by atoms with Gasteiger partial charge < -0.3 is 27.3 Å². The minimum Gasteiger partial charge on any atom is -0.448 e. The smallest absolute Gasteiger partial charge is 0.404 e. The number of carbonyl (C=O) groups excluding carboxylic acids is 2. The Morgan fingerprint density at radius 3 is 2.53 bits per heavy atom. The van der Waals surface area contributed by atoms with Gasteiger partial charge in [0.2, 0.25) is 5.91 Å². The zero-order valence-corrected chi connectivity index (χ0v) is 9.10. The topological polar surface area (TPSA) is 133 Å². The van der Waals surface area contributed by atoms with E-state index in [-0.39, 0.29) is 6.61 Å². The first-order valence-electron chi connectivity index (χ1n) is 4.86. The number of primary amides is 2. The Kier molecular flexibility index (Phi) is 4.15. The Balaban J connectivity index is 2.54. The first-order valence-corrected chi connectivity index (χ1v) is 4.86. The lowest BCUT2D eigenvalue weighted by Gasteiger charge is -2.09. The van der Waals surface area contributed by atoms with Crippen molar-refractivity contribution in [1.82, 2.24) is 0 Å². The van der Waals surface area contributed by atoms with Crippen LogP contribution in [0.25, 0.3) is 0 Å². The molecule has 0 saturated carbocycles. The molecule has 7 N–H and O–H groups in total. The lowest BCUT2D eigenvalue weighted by atomic mass is 10.1. The second kappa shape index (κ2) is 5.59. The van der Waals surface area contributed by atoms with Crippen LogP contribution in [-0.2, 0) is 4.74 Å². The number of hydrogen-bond acceptors (Lipinski definition) is 5. The van der Waals surface area contributed by atoms with Crippen molar-refractivity contribution in [3.05, 3.63) is 23.8 Å². The predicted octanol–water partition coefficient (Wildman–Crippen LogP) is -0.125. The number of rotatable bonds is 5. The van der Waals surface area contributed by atoms with E-state index in [1.165, 1.54) is 6.07 Å². The molecule has 0 aromatic heterocycles. The Morgan fingerprint density at radius 2 is 2.00 bits per heavy atom. The monoisotopic (exact) mass is 238 g/mol. The molecule has 0 spiro atoms. The van der Waals surface area contributed by atoms with Crippen molar-refractivity contribution >= 4 is 23.4 Å². The van der Waals surface area contributed by atoms with Crippen molar-refractivity contribution < 1.29 is 14.3 Å². The molecule has 0 aliphatic heterocycles. The highest BCUT2D eigenvalue weighted by atomic mass is 16.5. The molecular formula is C10H14N4O3. The molecule has 92 valence electrons. The van der Waals surface area contributed by atoms with E-state index < -0.39 is 12.0 Å². The van der Waals surface area contributed by atoms with Crippen LogP contribution in [0, 0.1) is 0 Å². The summed E-state index contributed by atoms with van der Waals surface area (Å²) in [6, 6.07) is 4.65. The fourth-order valence-corrected chi connectivity index (χ4v) is 1.21. The van der Waals surface area contributed by atoms with Crippen molar-refractivity contribution in [2.24, 2.45) is 11.5 Å². The van der Waals surface area contributed by atoms with E-state index in [0.29, 0.717) is 23.5 Å². The van der Waals surface area contributed by atoms with E-state index in [4.69, 9.17) is 17.2 Å². The largest absolute Gasteiger partial charge is 0.448 e. The van der Waals surface area contributed by atoms with Crippen LogP contribution in [0.3, 0.4) is 0 Å². The average molecular weight is 238 g/mol. The minimum absolute atomic E-state index is 0.131. The molecule has 7 heteroatoms. The molecule has 0 saturated heterocycles. The molecule has 0 radical (unpaired) electrons. The molecule has 1 aromatic carbocycles. The number of anilines is 2. The highest BCUT2D eigenvalue weighted by molar-refractivity contribution is 5.94. The van der Waals surface area contributed by atoms with Crippen LogP contribution < -0.4 is 22.5 Å². The number of nitrogen functional groups attached to an aromatic ring is 1. The van der Waals surface area contributed by atoms with E-state index in [2.05, 4.69) is 10.1 Å². The Hall–Kier alpha value is -2.44. The highest BCUT2D eigenvalue weighted by Gasteiger charge is 2.04. The third-order valence-electron chi connectivity index (χ3n) is 2.00. The number of ether oxygens (including phenoxy) is 1. The lowest BCUT2D eigenvalue weighted by Crippen LogP contribution is -2.19. The summed E-state index contributed by atoms with van der Waals surface area (Å²) in [5.41, 5.74) is 16.9. The standard InChI is InChI=1S/C10H14N4O3/c11-7-5-6(9(12)15)1-2-8(7)14-3-4-17-10(13)16/h1-2,5,14H,3-4,11H2,(H2,12,15)(H2,13,16). The van der Waals surface area contributed by atoms with Crippen LogP contribution in [0.2, 0.25) is 0 Å². The second-order valence-electron chi connectivity index (χ2n) is 3.26. The van der Waals surface area contributed by atoms with Gasteiger partial charge in [-0.25, -0.2) is 4.79 Å². The van der Waals surface area contributed by atoms with Gasteiger partial charge in [0.25, 0.3) is 0 Å². The van der Waals surface area contributed by atoms with E-state index in [0.717, 1.165) is 0 Å². The molecule has 17 heavy (non-hydrogen) atoms. The maximum absolute atomic E-state index is 10.9. The third kappa shape index (κ3) is 3.90. The summed E-state index contributed by atoms with van der Waals surface area (Å²) in [6.07, 6.45) is -0.830. The lowest BCUT2D eigenvalue weighted by molar-refractivity contribution is 0.1000. The first-order chi connectivity index (χ1) is 8.00. The van der Waals surface area contributed by atoms with Gasteiger partial charge in [-0.2, -0.15) is 0 Å². The van der Waals surface area contributed by atoms with E-state index in [1.54, 1.807) is 12.1 Å². The molecule has 0 atom stereocenters. The van der Waals surface area contributed by atoms with Gasteiger partial charge in [0.05, 0.1) is 11.4 Å². The Bertz CT molecular complexity index is 434. The average Bonchev–Trinajstić information content (AvgIpc) is 2.25. The summed E-state index contributed by atoms with van der Waals surface area (Å²) in [5, 5.41) is 2.92. The third-order valence-corrected chi connectivity index (χ3v) is 2.00. The Labute approximate surface area is 97.9 Å². The van der Waals surface area contributed by atoms with Crippen molar-refractivity contribution in [2.45, 2.75) is 0 Å². The fourth-order valence-electron chi connectivity index (χ4n) is 1.21. The molecule has 2 amide bonds. The van der Waals surface area contributed by atoms with Gasteiger partial charge in [-0.3, -0.25) is 4.79 Å². The van der Waals surface area contributed by atoms with Crippen LogP contribution in [0.5, 0.6) is 0 Å². The number of hydrogen-bond donors (Lipinski definition) is 4. The van der Waals surface area contributed by atoms with Crippen molar-refractivity contribution in [2.75, 3.05) is 24.2 Å². The number of benzene rings is 1. The van der Waals surface area contributed by atoms with Gasteiger partial charge in [0.1, 0.15) is 6.61 Å². The van der Waals surface area contributed by atoms with E-state index in [9.17, 15) is 9.59 Å². The van der Waals surface area contributed by atoms with Crippen molar-refractivity contribution in [1.29, 1.82) is 0 Å². The number of nitrogens with one attached hydrogen (secondary N) is 1. The summed E-state index contributed by atoms with van der Waals surface area (Å²) < 4.78 is 4.53. The summed E-state index contributed by atoms with van der Waals surface area (Å²) in [6.45, 7) is 0.495. The van der Waals surface area contributed by atoms with Crippen molar-refractivity contribution in [3.63, 3.8) is 0 Å². The molecule has 0 aliphatic rings. The fraction of sp³-hybridized carbons (Fsp3) is 0.200. The van der Waals surface area contributed by atoms with Crippen LogP contribution in [0.15, 0.2) is 18.2 Å². The molecule has 0 fully saturated rings. The van der Waals surface area contributed by atoms with Crippen LogP contribution in [0.1, 0.15) is 10.4 Å². The molecule has 7 nitrogen and oxygen atoms in total. The zero-order valence-electron chi connectivity index (χ0n) is 9.10. The van der Waals surface area contributed by atoms with Gasteiger partial charge in [-0.15, -0.1) is 0 Å². The summed E-state index contributed by atoms with van der Waals surface area (Å²) in [7, 11) is 0. The molecule has 0 bridgehead atoms. The summed E-state index contributed by atoms with van der Waals surface area (Å²) in [4.78, 5) is 21.2. The molecule has 0 unspecified atom stereocenters. The van der Waals surface area contributed by atoms with Gasteiger partial charge in [-0.05, 0) is 18.2 Å². The molecule has 1 aromatic rings. The maximum atomic E-state index is 10.9. The van der Waals surface area contributed by atoms with Crippen LogP contribution in [0.4, 0.5) is 16.2 Å². The van der Waals surface area contributed by atoms with Crippen LogP contribution >= 0.6 is 0 Å². The number of carbonyl (C=O) groups is 2. The van der Waals surface area contributed by atoms with E-state index in [1.807, 2.05) is 0 Å². The predicted molar refractivity (Wildman–Crippen MR) is 63.4 cm³/mol. The molecule has 1 rings (SSSR count). The molecular weight excluding hydrogens is 224 g/mol. The number of nitrogens with two attached hydrogens (primary N) is 3. The quantitative estimate of drug-likeness (QED) is 0.419. The summed E-state index contributed by atoms with van der Waals surface area (Å²) in [5.74, 6) is -0.541. The van der Waals surface area contributed by atoms with Gasteiger partial charge in [0.15, 0.2) is 0 Å². The van der Waals surface area contributed by atoms with Gasteiger partial charge in [0, 0.05) is 12.1 Å².